The van der Waals surface area contributed by atoms with E-state index in [1.807, 2.05) is 0 Å². The maximum atomic E-state index is 3.66. The minimum absolute atomic E-state index is 0.769. The largest absolute Gasteiger partial charge is 0.314 e. The fourth-order valence-electron chi connectivity index (χ4n) is 2.13. The van der Waals surface area contributed by atoms with Crippen molar-refractivity contribution in [2.75, 3.05) is 6.54 Å². The van der Waals surface area contributed by atoms with Crippen LogP contribution in [0, 0.1) is 5.92 Å². The fourth-order valence-corrected chi connectivity index (χ4v) is 2.13. The first kappa shape index (κ1) is 10.0. The van der Waals surface area contributed by atoms with E-state index in [0.717, 1.165) is 12.0 Å². The van der Waals surface area contributed by atoms with Gasteiger partial charge in [0.05, 0.1) is 0 Å². The molecule has 0 bridgehead atoms. The zero-order valence-electron chi connectivity index (χ0n) is 8.60. The second-order valence-corrected chi connectivity index (χ2v) is 4.07. The molecule has 1 saturated carbocycles. The second kappa shape index (κ2) is 5.58. The summed E-state index contributed by atoms with van der Waals surface area (Å²) in [5.41, 5.74) is 0. The van der Waals surface area contributed by atoms with Gasteiger partial charge in [0, 0.05) is 6.04 Å². The fraction of sp³-hybridized carbons (Fsp3) is 1.00. The molecule has 0 aromatic heterocycles. The van der Waals surface area contributed by atoms with Crippen molar-refractivity contribution in [2.45, 2.75) is 58.4 Å². The molecule has 0 aliphatic heterocycles. The molecule has 12 heavy (non-hydrogen) atoms. The van der Waals surface area contributed by atoms with Crippen molar-refractivity contribution in [3.63, 3.8) is 0 Å². The van der Waals surface area contributed by atoms with Gasteiger partial charge in [-0.25, -0.2) is 0 Å². The van der Waals surface area contributed by atoms with E-state index in [9.17, 15) is 0 Å². The van der Waals surface area contributed by atoms with Crippen LogP contribution in [-0.4, -0.2) is 12.6 Å². The lowest BCUT2D eigenvalue weighted by Gasteiger charge is -2.17. The topological polar surface area (TPSA) is 12.0 Å². The van der Waals surface area contributed by atoms with E-state index in [-0.39, 0.29) is 0 Å². The van der Waals surface area contributed by atoms with Crippen LogP contribution in [0.5, 0.6) is 0 Å². The third-order valence-electron chi connectivity index (χ3n) is 3.16. The lowest BCUT2D eigenvalue weighted by molar-refractivity contribution is 0.416. The molecule has 1 aliphatic carbocycles. The molecule has 0 amide bonds. The molecule has 1 rings (SSSR count). The van der Waals surface area contributed by atoms with E-state index in [1.54, 1.807) is 0 Å². The normalized spacial score (nSPS) is 19.2. The zero-order chi connectivity index (χ0) is 8.81. The van der Waals surface area contributed by atoms with Gasteiger partial charge in [-0.2, -0.15) is 0 Å². The van der Waals surface area contributed by atoms with E-state index in [4.69, 9.17) is 0 Å². The highest BCUT2D eigenvalue weighted by atomic mass is 14.9. The van der Waals surface area contributed by atoms with Crippen LogP contribution in [0.4, 0.5) is 0 Å². The number of nitrogens with one attached hydrogen (secondary N) is 1. The first-order valence-corrected chi connectivity index (χ1v) is 5.60. The Morgan fingerprint density at radius 2 is 1.75 bits per heavy atom. The summed E-state index contributed by atoms with van der Waals surface area (Å²) in [6, 6.07) is 0.769. The summed E-state index contributed by atoms with van der Waals surface area (Å²) in [5, 5.41) is 3.66. The smallest absolute Gasteiger partial charge is 0.00619 e. The molecule has 0 radical (unpaired) electrons. The van der Waals surface area contributed by atoms with Crippen molar-refractivity contribution in [3.8, 4) is 0 Å². The van der Waals surface area contributed by atoms with Crippen LogP contribution in [0.25, 0.3) is 0 Å². The van der Waals surface area contributed by atoms with Gasteiger partial charge < -0.3 is 5.32 Å². The Kier molecular flexibility index (Phi) is 4.67. The molecular formula is C11H23N. The lowest BCUT2D eigenvalue weighted by Crippen LogP contribution is -2.31. The highest BCUT2D eigenvalue weighted by molar-refractivity contribution is 4.72. The number of hydrogen-bond donors (Lipinski definition) is 1. The van der Waals surface area contributed by atoms with Gasteiger partial charge in [0.2, 0.25) is 0 Å². The monoisotopic (exact) mass is 169 g/mol. The van der Waals surface area contributed by atoms with Crippen LogP contribution in [-0.2, 0) is 0 Å². The molecule has 1 nitrogen and oxygen atoms in total. The summed E-state index contributed by atoms with van der Waals surface area (Å²) in [6.45, 7) is 5.82. The van der Waals surface area contributed by atoms with Crippen LogP contribution in [0.3, 0.4) is 0 Å². The van der Waals surface area contributed by atoms with Crippen molar-refractivity contribution in [1.82, 2.24) is 5.32 Å². The molecule has 72 valence electrons. The van der Waals surface area contributed by atoms with Crippen molar-refractivity contribution < 1.29 is 0 Å². The van der Waals surface area contributed by atoms with Crippen molar-refractivity contribution in [3.05, 3.63) is 0 Å². The molecule has 0 unspecified atom stereocenters. The van der Waals surface area contributed by atoms with Gasteiger partial charge in [0.25, 0.3) is 0 Å². The Morgan fingerprint density at radius 3 is 2.25 bits per heavy atom. The highest BCUT2D eigenvalue weighted by Crippen LogP contribution is 2.23. The van der Waals surface area contributed by atoms with Crippen molar-refractivity contribution in [1.29, 1.82) is 0 Å². The van der Waals surface area contributed by atoms with E-state index in [1.165, 1.54) is 45.1 Å². The Hall–Kier alpha value is -0.0400. The number of hydrogen-bond acceptors (Lipinski definition) is 1. The predicted molar refractivity (Wildman–Crippen MR) is 54.3 cm³/mol. The molecular weight excluding hydrogens is 146 g/mol. The highest BCUT2D eigenvalue weighted by Gasteiger charge is 2.15. The van der Waals surface area contributed by atoms with Gasteiger partial charge in [-0.05, 0) is 38.1 Å². The minimum atomic E-state index is 0.769. The van der Waals surface area contributed by atoms with Crippen LogP contribution in [0.2, 0.25) is 0 Å². The third kappa shape index (κ3) is 3.14. The molecule has 0 heterocycles. The van der Waals surface area contributed by atoms with Gasteiger partial charge in [0.15, 0.2) is 0 Å². The lowest BCUT2D eigenvalue weighted by atomic mass is 10.1. The number of rotatable bonds is 5. The van der Waals surface area contributed by atoms with Gasteiger partial charge in [0.1, 0.15) is 0 Å². The van der Waals surface area contributed by atoms with Gasteiger partial charge in [-0.15, -0.1) is 0 Å². The van der Waals surface area contributed by atoms with Crippen LogP contribution in [0.1, 0.15) is 52.4 Å². The minimum Gasteiger partial charge on any atom is -0.314 e. The Morgan fingerprint density at radius 1 is 1.17 bits per heavy atom. The SMILES string of the molecule is CCC(CC)NCC1CCCC1. The Balaban J connectivity index is 2.06. The average Bonchev–Trinajstić information content (AvgIpc) is 2.59. The summed E-state index contributed by atoms with van der Waals surface area (Å²) in [5.74, 6) is 0.991. The van der Waals surface area contributed by atoms with Gasteiger partial charge in [-0.1, -0.05) is 26.7 Å². The molecule has 1 heteroatoms. The zero-order valence-corrected chi connectivity index (χ0v) is 8.60. The van der Waals surface area contributed by atoms with Gasteiger partial charge in [-0.3, -0.25) is 0 Å². The van der Waals surface area contributed by atoms with E-state index < -0.39 is 0 Å². The Labute approximate surface area is 76.9 Å². The van der Waals surface area contributed by atoms with Crippen LogP contribution >= 0.6 is 0 Å². The molecule has 0 spiro atoms. The molecule has 1 fully saturated rings. The summed E-state index contributed by atoms with van der Waals surface area (Å²) in [7, 11) is 0. The van der Waals surface area contributed by atoms with E-state index >= 15 is 0 Å². The summed E-state index contributed by atoms with van der Waals surface area (Å²) < 4.78 is 0. The molecule has 0 atom stereocenters. The van der Waals surface area contributed by atoms with Crippen molar-refractivity contribution >= 4 is 0 Å². The molecule has 0 aromatic carbocycles. The van der Waals surface area contributed by atoms with E-state index in [0.29, 0.717) is 0 Å². The van der Waals surface area contributed by atoms with Crippen LogP contribution < -0.4 is 5.32 Å². The summed E-state index contributed by atoms with van der Waals surface area (Å²) in [6.07, 6.45) is 8.43. The average molecular weight is 169 g/mol. The van der Waals surface area contributed by atoms with Gasteiger partial charge >= 0.3 is 0 Å². The van der Waals surface area contributed by atoms with Crippen LogP contribution in [0.15, 0.2) is 0 Å². The third-order valence-corrected chi connectivity index (χ3v) is 3.16. The molecule has 0 aromatic rings. The Bertz CT molecular complexity index is 99.6. The van der Waals surface area contributed by atoms with E-state index in [2.05, 4.69) is 19.2 Å². The predicted octanol–water partition coefficient (Wildman–Crippen LogP) is 2.95. The summed E-state index contributed by atoms with van der Waals surface area (Å²) >= 11 is 0. The standard InChI is InChI=1S/C11H23N/c1-3-11(4-2)12-9-10-7-5-6-8-10/h10-12H,3-9H2,1-2H3. The maximum Gasteiger partial charge on any atom is 0.00619 e. The quantitative estimate of drug-likeness (QED) is 0.667. The second-order valence-electron chi connectivity index (χ2n) is 4.07. The van der Waals surface area contributed by atoms with Crippen molar-refractivity contribution in [2.24, 2.45) is 5.92 Å². The first-order chi connectivity index (χ1) is 5.86. The molecule has 1 aliphatic rings. The molecule has 1 N–H and O–H groups in total. The maximum absolute atomic E-state index is 3.66. The molecule has 0 saturated heterocycles. The summed E-state index contributed by atoms with van der Waals surface area (Å²) in [4.78, 5) is 0. The first-order valence-electron chi connectivity index (χ1n) is 5.60.